The molecule has 18 heavy (non-hydrogen) atoms. The summed E-state index contributed by atoms with van der Waals surface area (Å²) in [6.07, 6.45) is 4.85. The van der Waals surface area contributed by atoms with E-state index in [4.69, 9.17) is 0 Å². The molecule has 1 atom stereocenters. The second-order valence-electron chi connectivity index (χ2n) is 3.95. The molecule has 0 radical (unpaired) electrons. The average molecular weight is 247 g/mol. The molecule has 7 nitrogen and oxygen atoms in total. The molecule has 0 aliphatic heterocycles. The molecule has 2 heterocycles. The van der Waals surface area contributed by atoms with Gasteiger partial charge in [-0.15, -0.1) is 0 Å². The van der Waals surface area contributed by atoms with Crippen molar-refractivity contribution < 1.29 is 4.92 Å². The number of pyridine rings is 1. The van der Waals surface area contributed by atoms with Crippen molar-refractivity contribution in [2.45, 2.75) is 19.9 Å². The fourth-order valence-electron chi connectivity index (χ4n) is 1.59. The smallest absolute Gasteiger partial charge is 0.277 e. The Morgan fingerprint density at radius 1 is 1.50 bits per heavy atom. The zero-order chi connectivity index (χ0) is 13.1. The van der Waals surface area contributed by atoms with Gasteiger partial charge in [-0.3, -0.25) is 10.1 Å². The molecule has 0 bridgehead atoms. The van der Waals surface area contributed by atoms with Gasteiger partial charge in [-0.1, -0.05) is 0 Å². The van der Waals surface area contributed by atoms with Crippen molar-refractivity contribution >= 4 is 11.5 Å². The van der Waals surface area contributed by atoms with Crippen LogP contribution in [0.3, 0.4) is 0 Å². The number of hydrogen-bond acceptors (Lipinski definition) is 5. The lowest BCUT2D eigenvalue weighted by molar-refractivity contribution is -0.385. The second kappa shape index (κ2) is 4.82. The van der Waals surface area contributed by atoms with E-state index >= 15 is 0 Å². The molecule has 2 rings (SSSR count). The molecule has 0 spiro atoms. The molecule has 0 aromatic carbocycles. The number of anilines is 1. The van der Waals surface area contributed by atoms with E-state index in [0.29, 0.717) is 11.4 Å². The predicted octanol–water partition coefficient (Wildman–Crippen LogP) is 2.19. The van der Waals surface area contributed by atoms with Gasteiger partial charge in [0, 0.05) is 24.2 Å². The third kappa shape index (κ3) is 2.45. The standard InChI is InChI=1S/C11H13N5O2/c1-7-6-14-10(5-9(7)16(17)18)15-8(2)11-12-3-4-13-11/h3-6,8H,1-2H3,(H,12,13)(H,14,15). The van der Waals surface area contributed by atoms with Gasteiger partial charge in [-0.25, -0.2) is 9.97 Å². The molecule has 2 aromatic heterocycles. The largest absolute Gasteiger partial charge is 0.360 e. The van der Waals surface area contributed by atoms with Crippen molar-refractivity contribution in [2.24, 2.45) is 0 Å². The molecule has 0 amide bonds. The Kier molecular flexibility index (Phi) is 3.22. The van der Waals surface area contributed by atoms with E-state index in [1.165, 1.54) is 12.3 Å². The minimum Gasteiger partial charge on any atom is -0.360 e. The first-order valence-corrected chi connectivity index (χ1v) is 5.45. The summed E-state index contributed by atoms with van der Waals surface area (Å²) < 4.78 is 0. The maximum Gasteiger partial charge on any atom is 0.277 e. The molecule has 2 N–H and O–H groups in total. The molecule has 0 saturated heterocycles. The Balaban J connectivity index is 2.20. The number of aromatic amines is 1. The number of rotatable bonds is 4. The van der Waals surface area contributed by atoms with Crippen LogP contribution < -0.4 is 5.32 Å². The number of nitrogens with zero attached hydrogens (tertiary/aromatic N) is 3. The number of nitro groups is 1. The lowest BCUT2D eigenvalue weighted by atomic mass is 10.2. The number of hydrogen-bond donors (Lipinski definition) is 2. The summed E-state index contributed by atoms with van der Waals surface area (Å²) in [4.78, 5) is 21.6. The van der Waals surface area contributed by atoms with Crippen molar-refractivity contribution in [2.75, 3.05) is 5.32 Å². The van der Waals surface area contributed by atoms with Crippen molar-refractivity contribution in [3.8, 4) is 0 Å². The first kappa shape index (κ1) is 12.0. The van der Waals surface area contributed by atoms with Crippen LogP contribution in [0.5, 0.6) is 0 Å². The SMILES string of the molecule is Cc1cnc(NC(C)c2ncc[nH]2)cc1[N+](=O)[O-]. The topological polar surface area (TPSA) is 96.7 Å². The maximum absolute atomic E-state index is 10.8. The second-order valence-corrected chi connectivity index (χ2v) is 3.95. The zero-order valence-electron chi connectivity index (χ0n) is 10.0. The Labute approximate surface area is 103 Å². The normalized spacial score (nSPS) is 12.1. The highest BCUT2D eigenvalue weighted by Crippen LogP contribution is 2.22. The molecular weight excluding hydrogens is 234 g/mol. The van der Waals surface area contributed by atoms with Gasteiger partial charge in [0.25, 0.3) is 5.69 Å². The number of aromatic nitrogens is 3. The van der Waals surface area contributed by atoms with Gasteiger partial charge in [-0.05, 0) is 13.8 Å². The summed E-state index contributed by atoms with van der Waals surface area (Å²) in [6.45, 7) is 3.55. The highest BCUT2D eigenvalue weighted by Gasteiger charge is 2.14. The van der Waals surface area contributed by atoms with Crippen LogP contribution in [-0.2, 0) is 0 Å². The van der Waals surface area contributed by atoms with E-state index in [9.17, 15) is 10.1 Å². The molecule has 0 fully saturated rings. The van der Waals surface area contributed by atoms with Crippen LogP contribution in [-0.4, -0.2) is 19.9 Å². The van der Waals surface area contributed by atoms with Crippen LogP contribution in [0, 0.1) is 17.0 Å². The summed E-state index contributed by atoms with van der Waals surface area (Å²) in [5.41, 5.74) is 0.593. The Bertz CT molecular complexity index is 553. The first-order chi connectivity index (χ1) is 8.58. The third-order valence-electron chi connectivity index (χ3n) is 2.57. The fraction of sp³-hybridized carbons (Fsp3) is 0.273. The van der Waals surface area contributed by atoms with E-state index in [0.717, 1.165) is 5.82 Å². The molecule has 1 unspecified atom stereocenters. The Morgan fingerprint density at radius 2 is 2.28 bits per heavy atom. The maximum atomic E-state index is 10.8. The zero-order valence-corrected chi connectivity index (χ0v) is 10.0. The van der Waals surface area contributed by atoms with Crippen LogP contribution in [0.2, 0.25) is 0 Å². The first-order valence-electron chi connectivity index (χ1n) is 5.45. The molecule has 0 aliphatic carbocycles. The number of H-pyrrole nitrogens is 1. The Hall–Kier alpha value is -2.44. The number of imidazole rings is 1. The minimum atomic E-state index is -0.417. The van der Waals surface area contributed by atoms with E-state index < -0.39 is 4.92 Å². The van der Waals surface area contributed by atoms with Gasteiger partial charge in [0.1, 0.15) is 11.6 Å². The minimum absolute atomic E-state index is 0.0548. The highest BCUT2D eigenvalue weighted by atomic mass is 16.6. The van der Waals surface area contributed by atoms with Crippen LogP contribution in [0.4, 0.5) is 11.5 Å². The van der Waals surface area contributed by atoms with E-state index in [-0.39, 0.29) is 11.7 Å². The lowest BCUT2D eigenvalue weighted by Gasteiger charge is -2.12. The molecule has 0 aliphatic rings. The van der Waals surface area contributed by atoms with E-state index in [1.54, 1.807) is 19.3 Å². The van der Waals surface area contributed by atoms with E-state index in [2.05, 4.69) is 20.3 Å². The Morgan fingerprint density at radius 3 is 2.89 bits per heavy atom. The summed E-state index contributed by atoms with van der Waals surface area (Å²) in [5.74, 6) is 1.20. The van der Waals surface area contributed by atoms with Gasteiger partial charge < -0.3 is 10.3 Å². The van der Waals surface area contributed by atoms with Gasteiger partial charge in [0.2, 0.25) is 0 Å². The summed E-state index contributed by atoms with van der Waals surface area (Å²) in [5, 5.41) is 13.9. The van der Waals surface area contributed by atoms with E-state index in [1.807, 2.05) is 6.92 Å². The summed E-state index contributed by atoms with van der Waals surface area (Å²) in [7, 11) is 0. The molecule has 0 saturated carbocycles. The average Bonchev–Trinajstić information content (AvgIpc) is 2.85. The molecular formula is C11H13N5O2. The number of aryl methyl sites for hydroxylation is 1. The third-order valence-corrected chi connectivity index (χ3v) is 2.57. The van der Waals surface area contributed by atoms with Crippen molar-refractivity contribution in [3.05, 3.63) is 46.2 Å². The van der Waals surface area contributed by atoms with Gasteiger partial charge in [0.05, 0.1) is 17.0 Å². The van der Waals surface area contributed by atoms with Gasteiger partial charge in [0.15, 0.2) is 0 Å². The predicted molar refractivity (Wildman–Crippen MR) is 66.3 cm³/mol. The number of nitrogens with one attached hydrogen (secondary N) is 2. The van der Waals surface area contributed by atoms with Crippen molar-refractivity contribution in [3.63, 3.8) is 0 Å². The lowest BCUT2D eigenvalue weighted by Crippen LogP contribution is -2.10. The quantitative estimate of drug-likeness (QED) is 0.637. The molecule has 94 valence electrons. The fourth-order valence-corrected chi connectivity index (χ4v) is 1.59. The van der Waals surface area contributed by atoms with Crippen LogP contribution in [0.1, 0.15) is 24.4 Å². The van der Waals surface area contributed by atoms with Crippen molar-refractivity contribution in [1.29, 1.82) is 0 Å². The summed E-state index contributed by atoms with van der Waals surface area (Å²) in [6, 6.07) is 1.32. The van der Waals surface area contributed by atoms with Crippen LogP contribution >= 0.6 is 0 Å². The monoisotopic (exact) mass is 247 g/mol. The van der Waals surface area contributed by atoms with Gasteiger partial charge in [-0.2, -0.15) is 0 Å². The van der Waals surface area contributed by atoms with Gasteiger partial charge >= 0.3 is 0 Å². The summed E-state index contributed by atoms with van der Waals surface area (Å²) >= 11 is 0. The highest BCUT2D eigenvalue weighted by molar-refractivity contribution is 5.49. The molecule has 2 aromatic rings. The van der Waals surface area contributed by atoms with Crippen LogP contribution in [0.25, 0.3) is 0 Å². The molecule has 7 heteroatoms. The van der Waals surface area contributed by atoms with Crippen LogP contribution in [0.15, 0.2) is 24.7 Å². The van der Waals surface area contributed by atoms with Crippen molar-refractivity contribution in [1.82, 2.24) is 15.0 Å².